The second-order valence-corrected chi connectivity index (χ2v) is 4.22. The molecule has 0 N–H and O–H groups in total. The molecule has 0 fully saturated rings. The van der Waals surface area contributed by atoms with E-state index in [4.69, 9.17) is 9.57 Å². The number of oxime groups is 1. The zero-order valence-corrected chi connectivity index (χ0v) is 9.23. The maximum absolute atomic E-state index is 5.80. The molecule has 0 aliphatic carbocycles. The maximum atomic E-state index is 5.80. The molecule has 0 aromatic heterocycles. The Morgan fingerprint density at radius 2 is 1.87 bits per heavy atom. The summed E-state index contributed by atoms with van der Waals surface area (Å²) in [4.78, 5) is 5.32. The summed E-state index contributed by atoms with van der Waals surface area (Å²) in [6.07, 6.45) is -0.0371. The van der Waals surface area contributed by atoms with Gasteiger partial charge in [0.15, 0.2) is 6.10 Å². The summed E-state index contributed by atoms with van der Waals surface area (Å²) >= 11 is 0. The molecule has 1 aromatic carbocycles. The smallest absolute Gasteiger partial charge is 0.258 e. The topological polar surface area (TPSA) is 30.8 Å². The normalized spacial score (nSPS) is 23.7. The molecule has 1 aliphatic rings. The van der Waals surface area contributed by atoms with Gasteiger partial charge in [-0.3, -0.25) is 0 Å². The second-order valence-electron chi connectivity index (χ2n) is 4.22. The van der Waals surface area contributed by atoms with Crippen molar-refractivity contribution >= 4 is 5.90 Å². The predicted octanol–water partition coefficient (Wildman–Crippen LogP) is 2.56. The van der Waals surface area contributed by atoms with Gasteiger partial charge in [0.2, 0.25) is 0 Å². The Labute approximate surface area is 89.7 Å². The van der Waals surface area contributed by atoms with E-state index in [9.17, 15) is 0 Å². The molecule has 3 heteroatoms. The third-order valence-electron chi connectivity index (χ3n) is 2.65. The summed E-state index contributed by atoms with van der Waals surface area (Å²) in [5.41, 5.74) is 0.602. The van der Waals surface area contributed by atoms with E-state index in [-0.39, 0.29) is 11.7 Å². The van der Waals surface area contributed by atoms with Crippen molar-refractivity contribution in [3.8, 4) is 0 Å². The van der Waals surface area contributed by atoms with Crippen LogP contribution >= 0.6 is 0 Å². The number of ether oxygens (including phenoxy) is 1. The summed E-state index contributed by atoms with van der Waals surface area (Å²) in [5.74, 6) is 0.554. The number of nitrogens with zero attached hydrogens (tertiary/aromatic N) is 1. The molecular weight excluding hydrogens is 190 g/mol. The average molecular weight is 205 g/mol. The minimum Gasteiger partial charge on any atom is -0.465 e. The molecule has 2 rings (SSSR count). The first-order valence-electron chi connectivity index (χ1n) is 5.08. The van der Waals surface area contributed by atoms with Crippen LogP contribution in [0, 0.1) is 0 Å². The van der Waals surface area contributed by atoms with Crippen LogP contribution in [0.4, 0.5) is 0 Å². The van der Waals surface area contributed by atoms with Crippen molar-refractivity contribution < 1.29 is 9.57 Å². The monoisotopic (exact) mass is 205 g/mol. The molecule has 1 heterocycles. The zero-order valence-electron chi connectivity index (χ0n) is 9.23. The molecule has 0 amide bonds. The number of hydrogen-bond acceptors (Lipinski definition) is 3. The highest BCUT2D eigenvalue weighted by Crippen LogP contribution is 2.24. The molecule has 15 heavy (non-hydrogen) atoms. The van der Waals surface area contributed by atoms with E-state index in [0.29, 0.717) is 5.90 Å². The summed E-state index contributed by atoms with van der Waals surface area (Å²) in [6, 6.07) is 9.77. The van der Waals surface area contributed by atoms with Crippen LogP contribution in [0.5, 0.6) is 0 Å². The van der Waals surface area contributed by atoms with E-state index in [1.807, 2.05) is 51.1 Å². The summed E-state index contributed by atoms with van der Waals surface area (Å²) in [5, 5.41) is 3.97. The van der Waals surface area contributed by atoms with Gasteiger partial charge < -0.3 is 9.57 Å². The minimum atomic E-state index is -0.340. The Morgan fingerprint density at radius 1 is 1.20 bits per heavy atom. The minimum absolute atomic E-state index is 0.0371. The molecule has 80 valence electrons. The number of benzene rings is 1. The van der Waals surface area contributed by atoms with Gasteiger partial charge in [-0.25, -0.2) is 0 Å². The van der Waals surface area contributed by atoms with E-state index >= 15 is 0 Å². The number of hydrogen-bond donors (Lipinski definition) is 0. The van der Waals surface area contributed by atoms with Crippen LogP contribution in [0.1, 0.15) is 26.3 Å². The van der Waals surface area contributed by atoms with Crippen molar-refractivity contribution in [3.05, 3.63) is 35.9 Å². The van der Waals surface area contributed by atoms with Crippen LogP contribution < -0.4 is 0 Å². The van der Waals surface area contributed by atoms with Crippen molar-refractivity contribution in [3.63, 3.8) is 0 Å². The highest BCUT2D eigenvalue weighted by molar-refractivity contribution is 5.94. The largest absolute Gasteiger partial charge is 0.465 e. The summed E-state index contributed by atoms with van der Waals surface area (Å²) in [7, 11) is 0. The van der Waals surface area contributed by atoms with Gasteiger partial charge in [-0.2, -0.15) is 0 Å². The van der Waals surface area contributed by atoms with Crippen LogP contribution in [0.3, 0.4) is 0 Å². The molecule has 1 aromatic rings. The fraction of sp³-hybridized carbons (Fsp3) is 0.417. The first-order valence-corrected chi connectivity index (χ1v) is 5.08. The van der Waals surface area contributed by atoms with Crippen molar-refractivity contribution in [2.24, 2.45) is 5.16 Å². The lowest BCUT2D eigenvalue weighted by molar-refractivity contribution is -0.0985. The van der Waals surface area contributed by atoms with Crippen molar-refractivity contribution in [1.82, 2.24) is 0 Å². The van der Waals surface area contributed by atoms with Gasteiger partial charge in [0.1, 0.15) is 5.60 Å². The Kier molecular flexibility index (Phi) is 2.39. The van der Waals surface area contributed by atoms with Gasteiger partial charge in [0.05, 0.1) is 0 Å². The van der Waals surface area contributed by atoms with Crippen LogP contribution in [0.15, 0.2) is 35.5 Å². The first-order chi connectivity index (χ1) is 7.09. The van der Waals surface area contributed by atoms with Gasteiger partial charge in [0, 0.05) is 5.56 Å². The Bertz CT molecular complexity index is 370. The second kappa shape index (κ2) is 3.57. The van der Waals surface area contributed by atoms with E-state index < -0.39 is 0 Å². The Balaban J connectivity index is 2.26. The van der Waals surface area contributed by atoms with E-state index in [2.05, 4.69) is 5.16 Å². The van der Waals surface area contributed by atoms with Crippen LogP contribution in [0.2, 0.25) is 0 Å². The van der Waals surface area contributed by atoms with Crippen molar-refractivity contribution in [2.75, 3.05) is 0 Å². The average Bonchev–Trinajstić information content (AvgIpc) is 2.23. The molecule has 0 saturated carbocycles. The summed E-state index contributed by atoms with van der Waals surface area (Å²) < 4.78 is 5.80. The van der Waals surface area contributed by atoms with Gasteiger partial charge in [0.25, 0.3) is 5.90 Å². The molecule has 0 saturated heterocycles. The molecular formula is C12H15NO2. The fourth-order valence-corrected chi connectivity index (χ4v) is 1.30. The third-order valence-corrected chi connectivity index (χ3v) is 2.65. The standard InChI is InChI=1S/C12H15NO2/c1-9-12(2,3)14-11(13-15-9)10-7-5-4-6-8-10/h4-9H,1-3H3. The lowest BCUT2D eigenvalue weighted by Gasteiger charge is -2.34. The Morgan fingerprint density at radius 3 is 2.47 bits per heavy atom. The number of rotatable bonds is 1. The molecule has 0 radical (unpaired) electrons. The maximum Gasteiger partial charge on any atom is 0.258 e. The van der Waals surface area contributed by atoms with E-state index in [1.54, 1.807) is 0 Å². The molecule has 0 bridgehead atoms. The lowest BCUT2D eigenvalue weighted by Crippen LogP contribution is -2.43. The van der Waals surface area contributed by atoms with Crippen LogP contribution in [-0.2, 0) is 9.57 Å². The van der Waals surface area contributed by atoms with Crippen molar-refractivity contribution in [1.29, 1.82) is 0 Å². The highest BCUT2D eigenvalue weighted by Gasteiger charge is 2.35. The third kappa shape index (κ3) is 1.96. The predicted molar refractivity (Wildman–Crippen MR) is 58.7 cm³/mol. The van der Waals surface area contributed by atoms with Gasteiger partial charge in [-0.1, -0.05) is 18.2 Å². The lowest BCUT2D eigenvalue weighted by atomic mass is 10.0. The van der Waals surface area contributed by atoms with Crippen LogP contribution in [0.25, 0.3) is 0 Å². The van der Waals surface area contributed by atoms with Gasteiger partial charge in [-0.05, 0) is 38.1 Å². The molecule has 3 nitrogen and oxygen atoms in total. The molecule has 1 atom stereocenters. The Hall–Kier alpha value is -1.51. The fourth-order valence-electron chi connectivity index (χ4n) is 1.30. The van der Waals surface area contributed by atoms with Gasteiger partial charge in [-0.15, -0.1) is 0 Å². The van der Waals surface area contributed by atoms with E-state index in [1.165, 1.54) is 0 Å². The first kappa shape index (κ1) is 10.0. The highest BCUT2D eigenvalue weighted by atomic mass is 16.7. The van der Waals surface area contributed by atoms with E-state index in [0.717, 1.165) is 5.56 Å². The van der Waals surface area contributed by atoms with Crippen molar-refractivity contribution in [2.45, 2.75) is 32.5 Å². The van der Waals surface area contributed by atoms with Gasteiger partial charge >= 0.3 is 0 Å². The molecule has 1 aliphatic heterocycles. The zero-order chi connectivity index (χ0) is 10.9. The quantitative estimate of drug-likeness (QED) is 0.705. The molecule has 0 spiro atoms. The summed E-state index contributed by atoms with van der Waals surface area (Å²) in [6.45, 7) is 5.94. The van der Waals surface area contributed by atoms with Crippen LogP contribution in [-0.4, -0.2) is 17.6 Å². The molecule has 1 unspecified atom stereocenters. The SMILES string of the molecule is CC1ON=C(c2ccccc2)OC1(C)C.